The minimum absolute atomic E-state index is 0.230. The lowest BCUT2D eigenvalue weighted by molar-refractivity contribution is 0.112. The predicted molar refractivity (Wildman–Crippen MR) is 62.4 cm³/mol. The third-order valence-corrected chi connectivity index (χ3v) is 3.14. The largest absolute Gasteiger partial charge is 0.298 e. The van der Waals surface area contributed by atoms with Gasteiger partial charge in [-0.2, -0.15) is 0 Å². The average molecular weight is 232 g/mol. The van der Waals surface area contributed by atoms with Gasteiger partial charge in [0.05, 0.1) is 0 Å². The number of hydrogen-bond donors (Lipinski definition) is 0. The fourth-order valence-electron chi connectivity index (χ4n) is 1.27. The van der Waals surface area contributed by atoms with Gasteiger partial charge in [-0.05, 0) is 24.3 Å². The normalized spacial score (nSPS) is 10.1. The number of benzene rings is 2. The molecular weight excluding hydrogens is 223 g/mol. The molecule has 2 rings (SSSR count). The molecule has 0 bridgehead atoms. The maximum atomic E-state index is 13.3. The van der Waals surface area contributed by atoms with E-state index in [9.17, 15) is 9.18 Å². The van der Waals surface area contributed by atoms with E-state index >= 15 is 0 Å². The molecule has 0 aliphatic carbocycles. The molecular formula is C13H9FOS. The van der Waals surface area contributed by atoms with E-state index in [1.165, 1.54) is 17.8 Å². The van der Waals surface area contributed by atoms with E-state index in [0.717, 1.165) is 11.2 Å². The van der Waals surface area contributed by atoms with Crippen LogP contribution in [0.4, 0.5) is 4.39 Å². The Bertz CT molecular complexity index is 494. The van der Waals surface area contributed by atoms with Crippen molar-refractivity contribution in [3.05, 3.63) is 59.9 Å². The van der Waals surface area contributed by atoms with Crippen molar-refractivity contribution in [1.82, 2.24) is 0 Å². The van der Waals surface area contributed by atoms with Crippen molar-refractivity contribution in [1.29, 1.82) is 0 Å². The molecule has 0 heterocycles. The fraction of sp³-hybridized carbons (Fsp3) is 0. The van der Waals surface area contributed by atoms with E-state index in [1.807, 2.05) is 0 Å². The molecule has 0 saturated heterocycles. The van der Waals surface area contributed by atoms with Gasteiger partial charge in [-0.3, -0.25) is 4.79 Å². The summed E-state index contributed by atoms with van der Waals surface area (Å²) in [5, 5.41) is 0. The van der Waals surface area contributed by atoms with E-state index in [0.29, 0.717) is 10.5 Å². The fourth-order valence-corrected chi connectivity index (χ4v) is 2.11. The molecule has 0 aliphatic rings. The highest BCUT2D eigenvalue weighted by Gasteiger charge is 2.02. The molecule has 0 atom stereocenters. The monoisotopic (exact) mass is 232 g/mol. The minimum Gasteiger partial charge on any atom is -0.298 e. The van der Waals surface area contributed by atoms with E-state index in [1.54, 1.807) is 42.5 Å². The maximum Gasteiger partial charge on any atom is 0.150 e. The van der Waals surface area contributed by atoms with Crippen LogP contribution in [-0.4, -0.2) is 6.29 Å². The van der Waals surface area contributed by atoms with Crippen LogP contribution in [-0.2, 0) is 0 Å². The summed E-state index contributed by atoms with van der Waals surface area (Å²) in [6.45, 7) is 0. The first-order valence-corrected chi connectivity index (χ1v) is 5.59. The predicted octanol–water partition coefficient (Wildman–Crippen LogP) is 3.79. The second-order valence-electron chi connectivity index (χ2n) is 3.22. The van der Waals surface area contributed by atoms with Gasteiger partial charge >= 0.3 is 0 Å². The number of carbonyl (C=O) groups is 1. The summed E-state index contributed by atoms with van der Waals surface area (Å²) < 4.78 is 13.3. The summed E-state index contributed by atoms with van der Waals surface area (Å²) in [6.07, 6.45) is 0.789. The molecule has 0 unspecified atom stereocenters. The van der Waals surface area contributed by atoms with Crippen molar-refractivity contribution in [2.75, 3.05) is 0 Å². The molecule has 0 radical (unpaired) electrons. The molecule has 0 aromatic heterocycles. The Kier molecular flexibility index (Phi) is 3.37. The molecule has 0 saturated carbocycles. The smallest absolute Gasteiger partial charge is 0.150 e. The van der Waals surface area contributed by atoms with Gasteiger partial charge in [0.25, 0.3) is 0 Å². The van der Waals surface area contributed by atoms with Gasteiger partial charge in [0.15, 0.2) is 0 Å². The first-order chi connectivity index (χ1) is 7.79. The van der Waals surface area contributed by atoms with Crippen LogP contribution in [0.5, 0.6) is 0 Å². The molecule has 2 aromatic rings. The van der Waals surface area contributed by atoms with Gasteiger partial charge in [-0.15, -0.1) is 0 Å². The van der Waals surface area contributed by atoms with Gasteiger partial charge in [0.2, 0.25) is 0 Å². The molecule has 2 aromatic carbocycles. The summed E-state index contributed by atoms with van der Waals surface area (Å²) in [6, 6.07) is 13.7. The van der Waals surface area contributed by atoms with E-state index in [4.69, 9.17) is 0 Å². The summed E-state index contributed by atoms with van der Waals surface area (Å²) >= 11 is 1.34. The Morgan fingerprint density at radius 1 is 1.00 bits per heavy atom. The molecule has 0 aliphatic heterocycles. The van der Waals surface area contributed by atoms with Crippen LogP contribution in [0.15, 0.2) is 58.3 Å². The Hall–Kier alpha value is -1.61. The number of carbonyl (C=O) groups excluding carboxylic acids is 1. The van der Waals surface area contributed by atoms with Crippen molar-refractivity contribution in [3.63, 3.8) is 0 Å². The second-order valence-corrected chi connectivity index (χ2v) is 4.33. The van der Waals surface area contributed by atoms with Gasteiger partial charge in [0.1, 0.15) is 12.1 Å². The molecule has 0 spiro atoms. The zero-order valence-electron chi connectivity index (χ0n) is 8.39. The molecule has 0 fully saturated rings. The topological polar surface area (TPSA) is 17.1 Å². The number of halogens is 1. The van der Waals surface area contributed by atoms with E-state index in [-0.39, 0.29) is 5.82 Å². The van der Waals surface area contributed by atoms with Crippen LogP contribution in [0, 0.1) is 5.82 Å². The SMILES string of the molecule is O=Cc1ccc(Sc2ccccc2F)cc1. The van der Waals surface area contributed by atoms with Crippen LogP contribution < -0.4 is 0 Å². The van der Waals surface area contributed by atoms with Crippen LogP contribution in [0.1, 0.15) is 10.4 Å². The third-order valence-electron chi connectivity index (χ3n) is 2.08. The van der Waals surface area contributed by atoms with E-state index < -0.39 is 0 Å². The number of aldehydes is 1. The van der Waals surface area contributed by atoms with Crippen LogP contribution in [0.25, 0.3) is 0 Å². The van der Waals surface area contributed by atoms with Crippen molar-refractivity contribution in [2.45, 2.75) is 9.79 Å². The first-order valence-electron chi connectivity index (χ1n) is 4.77. The summed E-state index contributed by atoms with van der Waals surface area (Å²) in [5.74, 6) is -0.230. The Morgan fingerprint density at radius 2 is 1.69 bits per heavy atom. The molecule has 1 nitrogen and oxygen atoms in total. The first kappa shape index (κ1) is 10.9. The maximum absolute atomic E-state index is 13.3. The zero-order valence-corrected chi connectivity index (χ0v) is 9.21. The highest BCUT2D eigenvalue weighted by molar-refractivity contribution is 7.99. The standard InChI is InChI=1S/C13H9FOS/c14-12-3-1-2-4-13(12)16-11-7-5-10(9-15)6-8-11/h1-9H. The summed E-state index contributed by atoms with van der Waals surface area (Å²) in [4.78, 5) is 12.0. The second kappa shape index (κ2) is 4.94. The molecule has 0 amide bonds. The minimum atomic E-state index is -0.230. The van der Waals surface area contributed by atoms with Gasteiger partial charge in [-0.25, -0.2) is 4.39 Å². The third kappa shape index (κ3) is 2.49. The van der Waals surface area contributed by atoms with Crippen molar-refractivity contribution in [2.24, 2.45) is 0 Å². The van der Waals surface area contributed by atoms with Crippen LogP contribution in [0.2, 0.25) is 0 Å². The van der Waals surface area contributed by atoms with E-state index in [2.05, 4.69) is 0 Å². The van der Waals surface area contributed by atoms with Gasteiger partial charge in [0, 0.05) is 15.4 Å². The Morgan fingerprint density at radius 3 is 2.31 bits per heavy atom. The quantitative estimate of drug-likeness (QED) is 0.749. The van der Waals surface area contributed by atoms with Crippen LogP contribution in [0.3, 0.4) is 0 Å². The molecule has 80 valence electrons. The zero-order chi connectivity index (χ0) is 11.4. The highest BCUT2D eigenvalue weighted by Crippen LogP contribution is 2.29. The molecule has 3 heteroatoms. The molecule has 0 N–H and O–H groups in total. The Labute approximate surface area is 97.3 Å². The highest BCUT2D eigenvalue weighted by atomic mass is 32.2. The van der Waals surface area contributed by atoms with Crippen molar-refractivity contribution < 1.29 is 9.18 Å². The Balaban J connectivity index is 2.21. The van der Waals surface area contributed by atoms with Gasteiger partial charge < -0.3 is 0 Å². The van der Waals surface area contributed by atoms with Crippen molar-refractivity contribution in [3.8, 4) is 0 Å². The lowest BCUT2D eigenvalue weighted by Gasteiger charge is -2.02. The summed E-state index contributed by atoms with van der Waals surface area (Å²) in [5.41, 5.74) is 0.623. The lowest BCUT2D eigenvalue weighted by Crippen LogP contribution is -1.81. The van der Waals surface area contributed by atoms with Crippen LogP contribution >= 0.6 is 11.8 Å². The number of hydrogen-bond acceptors (Lipinski definition) is 2. The van der Waals surface area contributed by atoms with Gasteiger partial charge in [-0.1, -0.05) is 36.0 Å². The summed E-state index contributed by atoms with van der Waals surface area (Å²) in [7, 11) is 0. The van der Waals surface area contributed by atoms with Crippen molar-refractivity contribution >= 4 is 18.0 Å². The molecule has 16 heavy (non-hydrogen) atoms. The lowest BCUT2D eigenvalue weighted by atomic mass is 10.2. The average Bonchev–Trinajstić information content (AvgIpc) is 2.33. The number of rotatable bonds is 3.